The van der Waals surface area contributed by atoms with Gasteiger partial charge in [0, 0.05) is 11.6 Å². The maximum Gasteiger partial charge on any atom is 0.169 e. The van der Waals surface area contributed by atoms with Gasteiger partial charge in [-0.15, -0.1) is 0 Å². The molecule has 21 heavy (non-hydrogen) atoms. The number of nitrogens with zero attached hydrogens (tertiary/aromatic N) is 1. The third-order valence-electron chi connectivity index (χ3n) is 2.90. The second-order valence-electron chi connectivity index (χ2n) is 5.01. The number of hydrogen-bond donors (Lipinski definition) is 0. The van der Waals surface area contributed by atoms with Crippen molar-refractivity contribution in [2.75, 3.05) is 27.2 Å². The summed E-state index contributed by atoms with van der Waals surface area (Å²) in [7, 11) is 4.11. The average Bonchev–Trinajstić information content (AvgIpc) is 2.47. The first-order chi connectivity index (χ1) is 10.1. The lowest BCUT2D eigenvalue weighted by molar-refractivity contribution is 0.272. The molecule has 0 bridgehead atoms. The van der Waals surface area contributed by atoms with Gasteiger partial charge in [0.15, 0.2) is 11.5 Å². The Morgan fingerprint density at radius 3 is 2.29 bits per heavy atom. The van der Waals surface area contributed by atoms with E-state index in [9.17, 15) is 0 Å². The van der Waals surface area contributed by atoms with Crippen LogP contribution >= 0.6 is 11.6 Å². The summed E-state index contributed by atoms with van der Waals surface area (Å²) in [5.74, 6) is 2.21. The van der Waals surface area contributed by atoms with Crippen LogP contribution in [0, 0.1) is 0 Å². The van der Waals surface area contributed by atoms with Crippen LogP contribution in [0.5, 0.6) is 17.2 Å². The molecular formula is C17H20ClNO2. The number of rotatable bonds is 7. The molecule has 0 radical (unpaired) electrons. The van der Waals surface area contributed by atoms with Gasteiger partial charge in [0.05, 0.1) is 6.61 Å². The van der Waals surface area contributed by atoms with E-state index in [0.717, 1.165) is 24.5 Å². The summed E-state index contributed by atoms with van der Waals surface area (Å²) in [6.45, 7) is 1.67. The van der Waals surface area contributed by atoms with Gasteiger partial charge in [0.25, 0.3) is 0 Å². The Labute approximate surface area is 131 Å². The Hall–Kier alpha value is -1.71. The van der Waals surface area contributed by atoms with Crippen LogP contribution in [0.3, 0.4) is 0 Å². The third kappa shape index (κ3) is 5.29. The van der Waals surface area contributed by atoms with Crippen LogP contribution in [-0.4, -0.2) is 32.1 Å². The summed E-state index contributed by atoms with van der Waals surface area (Å²) in [5.41, 5.74) is 0. The third-order valence-corrected chi connectivity index (χ3v) is 3.15. The highest BCUT2D eigenvalue weighted by molar-refractivity contribution is 6.30. The normalized spacial score (nSPS) is 10.7. The van der Waals surface area contributed by atoms with E-state index in [1.165, 1.54) is 0 Å². The van der Waals surface area contributed by atoms with Crippen molar-refractivity contribution in [3.05, 3.63) is 53.6 Å². The molecule has 0 aromatic heterocycles. The predicted molar refractivity (Wildman–Crippen MR) is 86.6 cm³/mol. The Morgan fingerprint density at radius 1 is 0.952 bits per heavy atom. The second kappa shape index (κ2) is 7.91. The summed E-state index contributed by atoms with van der Waals surface area (Å²) in [6.07, 6.45) is 0.974. The van der Waals surface area contributed by atoms with Crippen LogP contribution in [0.1, 0.15) is 6.42 Å². The van der Waals surface area contributed by atoms with Crippen LogP contribution < -0.4 is 9.47 Å². The molecule has 0 spiro atoms. The molecule has 0 saturated heterocycles. The molecule has 2 rings (SSSR count). The van der Waals surface area contributed by atoms with E-state index in [-0.39, 0.29) is 0 Å². The van der Waals surface area contributed by atoms with Crippen LogP contribution in [0.4, 0.5) is 0 Å². The first-order valence-corrected chi connectivity index (χ1v) is 7.33. The fraction of sp³-hybridized carbons (Fsp3) is 0.294. The van der Waals surface area contributed by atoms with Gasteiger partial charge in [-0.2, -0.15) is 0 Å². The largest absolute Gasteiger partial charge is 0.490 e. The van der Waals surface area contributed by atoms with Gasteiger partial charge in [0.1, 0.15) is 5.75 Å². The Kier molecular flexibility index (Phi) is 5.90. The topological polar surface area (TPSA) is 21.7 Å². The molecule has 0 fully saturated rings. The molecule has 0 N–H and O–H groups in total. The Bertz CT molecular complexity index is 555. The van der Waals surface area contributed by atoms with E-state index >= 15 is 0 Å². The van der Waals surface area contributed by atoms with Crippen molar-refractivity contribution in [1.29, 1.82) is 0 Å². The average molecular weight is 306 g/mol. The van der Waals surface area contributed by atoms with Crippen molar-refractivity contribution >= 4 is 11.6 Å². The Balaban J connectivity index is 1.97. The predicted octanol–water partition coefficient (Wildman–Crippen LogP) is 4.46. The summed E-state index contributed by atoms with van der Waals surface area (Å²) in [4.78, 5) is 2.14. The Morgan fingerprint density at radius 2 is 1.62 bits per heavy atom. The molecule has 0 heterocycles. The van der Waals surface area contributed by atoms with Gasteiger partial charge in [-0.05, 0) is 56.9 Å². The molecule has 2 aromatic carbocycles. The van der Waals surface area contributed by atoms with Gasteiger partial charge < -0.3 is 14.4 Å². The number of halogens is 1. The van der Waals surface area contributed by atoms with Gasteiger partial charge in [-0.1, -0.05) is 23.7 Å². The first-order valence-electron chi connectivity index (χ1n) is 6.95. The lowest BCUT2D eigenvalue weighted by Gasteiger charge is -2.13. The molecule has 0 aliphatic carbocycles. The standard InChI is InChI=1S/C17H20ClNO2/c1-19(2)12-5-13-20-16-6-3-4-7-17(16)21-15-10-8-14(18)9-11-15/h3-4,6-11H,5,12-13H2,1-2H3. The van der Waals surface area contributed by atoms with Crippen molar-refractivity contribution in [2.24, 2.45) is 0 Å². The van der Waals surface area contributed by atoms with E-state index in [0.29, 0.717) is 17.4 Å². The molecule has 0 atom stereocenters. The minimum Gasteiger partial charge on any atom is -0.490 e. The van der Waals surface area contributed by atoms with E-state index in [2.05, 4.69) is 19.0 Å². The zero-order chi connectivity index (χ0) is 15.1. The summed E-state index contributed by atoms with van der Waals surface area (Å²) in [6, 6.07) is 15.0. The molecule has 0 amide bonds. The zero-order valence-electron chi connectivity index (χ0n) is 12.4. The van der Waals surface area contributed by atoms with Crippen LogP contribution in [0.25, 0.3) is 0 Å². The summed E-state index contributed by atoms with van der Waals surface area (Å²) in [5, 5.41) is 0.690. The molecule has 3 nitrogen and oxygen atoms in total. The molecule has 0 aliphatic rings. The van der Waals surface area contributed by atoms with Crippen molar-refractivity contribution in [3.8, 4) is 17.2 Å². The van der Waals surface area contributed by atoms with Crippen molar-refractivity contribution in [2.45, 2.75) is 6.42 Å². The highest BCUT2D eigenvalue weighted by Crippen LogP contribution is 2.31. The summed E-state index contributed by atoms with van der Waals surface area (Å²) >= 11 is 5.87. The number of para-hydroxylation sites is 2. The van der Waals surface area contributed by atoms with Gasteiger partial charge in [-0.3, -0.25) is 0 Å². The molecular weight excluding hydrogens is 286 g/mol. The minimum atomic E-state index is 0.666. The SMILES string of the molecule is CN(C)CCCOc1ccccc1Oc1ccc(Cl)cc1. The smallest absolute Gasteiger partial charge is 0.169 e. The van der Waals surface area contributed by atoms with Crippen molar-refractivity contribution in [1.82, 2.24) is 4.90 Å². The first kappa shape index (κ1) is 15.7. The van der Waals surface area contributed by atoms with Gasteiger partial charge in [0.2, 0.25) is 0 Å². The molecule has 2 aromatic rings. The highest BCUT2D eigenvalue weighted by atomic mass is 35.5. The lowest BCUT2D eigenvalue weighted by Crippen LogP contribution is -2.15. The van der Waals surface area contributed by atoms with Crippen molar-refractivity contribution < 1.29 is 9.47 Å². The molecule has 0 aliphatic heterocycles. The maximum atomic E-state index is 5.87. The minimum absolute atomic E-state index is 0.666. The fourth-order valence-electron chi connectivity index (χ4n) is 1.85. The van der Waals surface area contributed by atoms with Crippen LogP contribution in [0.15, 0.2) is 48.5 Å². The highest BCUT2D eigenvalue weighted by Gasteiger charge is 2.05. The van der Waals surface area contributed by atoms with Crippen molar-refractivity contribution in [3.63, 3.8) is 0 Å². The number of hydrogen-bond acceptors (Lipinski definition) is 3. The van der Waals surface area contributed by atoms with Crippen LogP contribution in [-0.2, 0) is 0 Å². The number of ether oxygens (including phenoxy) is 2. The molecule has 0 saturated carbocycles. The van der Waals surface area contributed by atoms with E-state index in [4.69, 9.17) is 21.1 Å². The lowest BCUT2D eigenvalue weighted by atomic mass is 10.3. The second-order valence-corrected chi connectivity index (χ2v) is 5.44. The van der Waals surface area contributed by atoms with Crippen LogP contribution in [0.2, 0.25) is 5.02 Å². The quantitative estimate of drug-likeness (QED) is 0.705. The van der Waals surface area contributed by atoms with E-state index in [1.807, 2.05) is 36.4 Å². The zero-order valence-corrected chi connectivity index (χ0v) is 13.1. The van der Waals surface area contributed by atoms with Gasteiger partial charge >= 0.3 is 0 Å². The number of benzene rings is 2. The molecule has 0 unspecified atom stereocenters. The molecule has 4 heteroatoms. The fourth-order valence-corrected chi connectivity index (χ4v) is 1.97. The van der Waals surface area contributed by atoms with Gasteiger partial charge in [-0.25, -0.2) is 0 Å². The van der Waals surface area contributed by atoms with E-state index < -0.39 is 0 Å². The molecule has 112 valence electrons. The monoisotopic (exact) mass is 305 g/mol. The van der Waals surface area contributed by atoms with E-state index in [1.54, 1.807) is 12.1 Å². The summed E-state index contributed by atoms with van der Waals surface area (Å²) < 4.78 is 11.7. The maximum absolute atomic E-state index is 5.87.